The highest BCUT2D eigenvalue weighted by atomic mass is 16.3. The highest BCUT2D eigenvalue weighted by Crippen LogP contribution is 2.27. The molecule has 0 saturated heterocycles. The summed E-state index contributed by atoms with van der Waals surface area (Å²) in [4.78, 5) is 12.3. The fourth-order valence-corrected chi connectivity index (χ4v) is 2.60. The van der Waals surface area contributed by atoms with Gasteiger partial charge in [0.05, 0.1) is 5.56 Å². The summed E-state index contributed by atoms with van der Waals surface area (Å²) in [5.74, 6) is 0.399. The molecule has 0 aliphatic rings. The molecule has 1 heterocycles. The van der Waals surface area contributed by atoms with Crippen LogP contribution >= 0.6 is 0 Å². The second-order valence-corrected chi connectivity index (χ2v) is 5.81. The first-order valence-electron chi connectivity index (χ1n) is 7.47. The topological polar surface area (TPSA) is 50.4 Å². The van der Waals surface area contributed by atoms with Crippen LogP contribution in [0.2, 0.25) is 0 Å². The van der Waals surface area contributed by atoms with Crippen LogP contribution in [0.4, 0.5) is 0 Å². The van der Waals surface area contributed by atoms with E-state index in [1.165, 1.54) is 12.1 Å². The molecule has 0 amide bonds. The molecule has 3 aromatic rings. The van der Waals surface area contributed by atoms with E-state index in [1.807, 2.05) is 32.9 Å². The van der Waals surface area contributed by atoms with Gasteiger partial charge in [-0.1, -0.05) is 23.3 Å². The Morgan fingerprint density at radius 2 is 1.74 bits per heavy atom. The zero-order valence-electron chi connectivity index (χ0n) is 13.4. The molecule has 0 aliphatic heterocycles. The first-order chi connectivity index (χ1) is 11.0. The average molecular weight is 306 g/mol. The molecule has 3 heteroatoms. The van der Waals surface area contributed by atoms with Crippen molar-refractivity contribution in [1.29, 1.82) is 0 Å². The molecule has 0 saturated carbocycles. The number of carbonyl (C=O) groups excluding carboxylic acids is 1. The number of phenols is 1. The molecule has 23 heavy (non-hydrogen) atoms. The van der Waals surface area contributed by atoms with Gasteiger partial charge in [0.1, 0.15) is 17.1 Å². The number of rotatable bonds is 3. The number of fused-ring (bicyclic) bond motifs is 1. The third kappa shape index (κ3) is 2.90. The minimum absolute atomic E-state index is 0.0118. The summed E-state index contributed by atoms with van der Waals surface area (Å²) in [7, 11) is 0. The number of ketones is 1. The number of furan rings is 1. The zero-order valence-corrected chi connectivity index (χ0v) is 13.4. The predicted octanol–water partition coefficient (Wildman–Crippen LogP) is 4.96. The Bertz CT molecular complexity index is 929. The molecule has 1 N–H and O–H groups in total. The Balaban J connectivity index is 1.95. The van der Waals surface area contributed by atoms with Crippen molar-refractivity contribution in [2.24, 2.45) is 0 Å². The van der Waals surface area contributed by atoms with Crippen molar-refractivity contribution in [2.45, 2.75) is 20.8 Å². The van der Waals surface area contributed by atoms with Crippen molar-refractivity contribution < 1.29 is 14.3 Å². The molecule has 0 bridgehead atoms. The summed E-state index contributed by atoms with van der Waals surface area (Å²) in [5.41, 5.74) is 4.19. The third-order valence-corrected chi connectivity index (χ3v) is 3.93. The van der Waals surface area contributed by atoms with Crippen LogP contribution in [0.25, 0.3) is 17.0 Å². The van der Waals surface area contributed by atoms with Crippen LogP contribution in [0.3, 0.4) is 0 Å². The molecular weight excluding hydrogens is 288 g/mol. The van der Waals surface area contributed by atoms with Gasteiger partial charge in [-0.3, -0.25) is 4.79 Å². The van der Waals surface area contributed by atoms with Crippen LogP contribution < -0.4 is 0 Å². The fraction of sp³-hybridized carbons (Fsp3) is 0.150. The number of carbonyl (C=O) groups is 1. The number of aryl methyl sites for hydroxylation is 3. The Labute approximate surface area is 134 Å². The minimum Gasteiger partial charge on any atom is -0.507 e. The first-order valence-corrected chi connectivity index (χ1v) is 7.47. The molecule has 0 fully saturated rings. The molecule has 2 aromatic carbocycles. The number of allylic oxidation sites excluding steroid dienone is 1. The van der Waals surface area contributed by atoms with E-state index in [-0.39, 0.29) is 11.5 Å². The van der Waals surface area contributed by atoms with Crippen LogP contribution in [-0.2, 0) is 0 Å². The molecule has 0 radical (unpaired) electrons. The van der Waals surface area contributed by atoms with Gasteiger partial charge in [0.25, 0.3) is 0 Å². The molecule has 0 unspecified atom stereocenters. The van der Waals surface area contributed by atoms with Gasteiger partial charge in [0.2, 0.25) is 0 Å². The van der Waals surface area contributed by atoms with Crippen LogP contribution in [-0.4, -0.2) is 10.9 Å². The number of aromatic hydroxyl groups is 1. The Kier molecular flexibility index (Phi) is 3.78. The zero-order chi connectivity index (χ0) is 16.6. The van der Waals surface area contributed by atoms with E-state index in [9.17, 15) is 9.90 Å². The van der Waals surface area contributed by atoms with Gasteiger partial charge in [-0.25, -0.2) is 0 Å². The van der Waals surface area contributed by atoms with Gasteiger partial charge in [0, 0.05) is 10.9 Å². The Morgan fingerprint density at radius 3 is 2.52 bits per heavy atom. The Hall–Kier alpha value is -2.81. The van der Waals surface area contributed by atoms with Gasteiger partial charge in [-0.05, 0) is 57.2 Å². The highest BCUT2D eigenvalue weighted by molar-refractivity contribution is 6.08. The van der Waals surface area contributed by atoms with Gasteiger partial charge >= 0.3 is 0 Å². The van der Waals surface area contributed by atoms with E-state index in [0.717, 1.165) is 27.7 Å². The molecule has 0 aliphatic carbocycles. The maximum absolute atomic E-state index is 12.3. The molecule has 3 nitrogen and oxygen atoms in total. The first kappa shape index (κ1) is 15.1. The molecule has 116 valence electrons. The van der Waals surface area contributed by atoms with Crippen molar-refractivity contribution in [3.05, 3.63) is 70.5 Å². The normalized spacial score (nSPS) is 11.4. The molecule has 1 aromatic heterocycles. The smallest absolute Gasteiger partial charge is 0.189 e. The molecular formula is C20H18O3. The van der Waals surface area contributed by atoms with Crippen LogP contribution in [0.5, 0.6) is 5.75 Å². The van der Waals surface area contributed by atoms with E-state index in [0.29, 0.717) is 11.3 Å². The van der Waals surface area contributed by atoms with Crippen molar-refractivity contribution in [1.82, 2.24) is 0 Å². The fourth-order valence-electron chi connectivity index (χ4n) is 2.60. The van der Waals surface area contributed by atoms with Crippen molar-refractivity contribution >= 4 is 22.8 Å². The molecule has 0 spiro atoms. The average Bonchev–Trinajstić information content (AvgIpc) is 2.83. The number of benzene rings is 2. The number of phenolic OH excluding ortho intramolecular Hbond substituents is 1. The summed E-state index contributed by atoms with van der Waals surface area (Å²) >= 11 is 0. The second-order valence-electron chi connectivity index (χ2n) is 5.81. The van der Waals surface area contributed by atoms with Crippen LogP contribution in [0, 0.1) is 20.8 Å². The van der Waals surface area contributed by atoms with E-state index in [1.54, 1.807) is 18.2 Å². The van der Waals surface area contributed by atoms with Crippen LogP contribution in [0.15, 0.2) is 46.9 Å². The summed E-state index contributed by atoms with van der Waals surface area (Å²) in [6, 6.07) is 11.0. The predicted molar refractivity (Wildman–Crippen MR) is 91.9 cm³/mol. The van der Waals surface area contributed by atoms with Gasteiger partial charge < -0.3 is 9.52 Å². The summed E-state index contributed by atoms with van der Waals surface area (Å²) in [5, 5.41) is 10.9. The van der Waals surface area contributed by atoms with E-state index >= 15 is 0 Å². The minimum atomic E-state index is -0.248. The van der Waals surface area contributed by atoms with Gasteiger partial charge in [-0.15, -0.1) is 0 Å². The van der Waals surface area contributed by atoms with Crippen molar-refractivity contribution in [2.75, 3.05) is 0 Å². The molecule has 3 rings (SSSR count). The van der Waals surface area contributed by atoms with Crippen LogP contribution in [0.1, 0.15) is 32.8 Å². The van der Waals surface area contributed by atoms with Gasteiger partial charge in [-0.2, -0.15) is 0 Å². The summed E-state index contributed by atoms with van der Waals surface area (Å²) in [6.07, 6.45) is 3.10. The maximum Gasteiger partial charge on any atom is 0.189 e. The van der Waals surface area contributed by atoms with E-state index in [4.69, 9.17) is 4.42 Å². The molecule has 0 atom stereocenters. The lowest BCUT2D eigenvalue weighted by Gasteiger charge is -2.01. The Morgan fingerprint density at radius 1 is 1.04 bits per heavy atom. The standard InChI is InChI=1S/C20H18O3/c1-12-4-6-17(21)16(11-12)18(22)7-9-19-14(3)15-10-13(2)5-8-20(15)23-19/h4-11,21H,1-3H3. The summed E-state index contributed by atoms with van der Waals surface area (Å²) in [6.45, 7) is 5.89. The lowest BCUT2D eigenvalue weighted by Crippen LogP contribution is -1.95. The van der Waals surface area contributed by atoms with Crippen molar-refractivity contribution in [3.8, 4) is 5.75 Å². The maximum atomic E-state index is 12.3. The summed E-state index contributed by atoms with van der Waals surface area (Å²) < 4.78 is 5.79. The van der Waals surface area contributed by atoms with Gasteiger partial charge in [0.15, 0.2) is 5.78 Å². The second kappa shape index (κ2) is 5.76. The van der Waals surface area contributed by atoms with Crippen molar-refractivity contribution in [3.63, 3.8) is 0 Å². The lowest BCUT2D eigenvalue weighted by molar-refractivity contribution is 0.104. The van der Waals surface area contributed by atoms with E-state index < -0.39 is 0 Å². The number of hydrogen-bond donors (Lipinski definition) is 1. The quantitative estimate of drug-likeness (QED) is 0.549. The highest BCUT2D eigenvalue weighted by Gasteiger charge is 2.11. The monoisotopic (exact) mass is 306 g/mol. The lowest BCUT2D eigenvalue weighted by atomic mass is 10.1. The SMILES string of the molecule is Cc1ccc(O)c(C(=O)C=Cc2oc3ccc(C)cc3c2C)c1. The number of hydrogen-bond acceptors (Lipinski definition) is 3. The van der Waals surface area contributed by atoms with E-state index in [2.05, 4.69) is 6.07 Å². The largest absolute Gasteiger partial charge is 0.507 e. The third-order valence-electron chi connectivity index (χ3n) is 3.93.